The Labute approximate surface area is 407 Å². The van der Waals surface area contributed by atoms with Gasteiger partial charge in [0, 0.05) is 143 Å². The van der Waals surface area contributed by atoms with E-state index in [1.807, 2.05) is 63.1 Å². The van der Waals surface area contributed by atoms with E-state index in [0.29, 0.717) is 49.5 Å². The number of halogens is 1. The van der Waals surface area contributed by atoms with E-state index in [4.69, 9.17) is 0 Å². The maximum Gasteiger partial charge on any atom is 0.257 e. The van der Waals surface area contributed by atoms with Gasteiger partial charge in [0.1, 0.15) is 17.5 Å². The molecule has 5 aliphatic rings. The van der Waals surface area contributed by atoms with Crippen LogP contribution in [0.4, 0.5) is 21.5 Å². The molecule has 2 N–H and O–H groups in total. The van der Waals surface area contributed by atoms with Crippen LogP contribution in [0.25, 0.3) is 22.3 Å². The lowest BCUT2D eigenvalue weighted by Crippen LogP contribution is -2.55. The predicted octanol–water partition coefficient (Wildman–Crippen LogP) is 6.17. The summed E-state index contributed by atoms with van der Waals surface area (Å²) in [7, 11) is 3.79. The van der Waals surface area contributed by atoms with E-state index in [-0.39, 0.29) is 41.6 Å². The number of carbonyl (C=O) groups excluding carboxylic acids is 4. The summed E-state index contributed by atoms with van der Waals surface area (Å²) in [6, 6.07) is 16.2. The minimum Gasteiger partial charge on any atom is -0.388 e. The highest BCUT2D eigenvalue weighted by molar-refractivity contribution is 6.14. The van der Waals surface area contributed by atoms with E-state index >= 15 is 4.39 Å². The molecule has 0 radical (unpaired) electrons. The van der Waals surface area contributed by atoms with Gasteiger partial charge in [-0.2, -0.15) is 0 Å². The van der Waals surface area contributed by atoms with Crippen molar-refractivity contribution in [2.24, 2.45) is 13.0 Å². The summed E-state index contributed by atoms with van der Waals surface area (Å²) < 4.78 is 19.9. The molecule has 3 saturated heterocycles. The fourth-order valence-corrected chi connectivity index (χ4v) is 11.6. The second-order valence-corrected chi connectivity index (χ2v) is 20.4. The van der Waals surface area contributed by atoms with E-state index in [2.05, 4.69) is 60.0 Å². The Morgan fingerprint density at radius 3 is 2.37 bits per heavy atom. The Balaban J connectivity index is 0.723. The number of benzene rings is 2. The summed E-state index contributed by atoms with van der Waals surface area (Å²) in [5.74, 6) is -0.864. The molecule has 5 aromatic rings. The van der Waals surface area contributed by atoms with Gasteiger partial charge in [0.2, 0.25) is 17.7 Å². The van der Waals surface area contributed by atoms with Crippen LogP contribution in [0.1, 0.15) is 91.7 Å². The van der Waals surface area contributed by atoms with Crippen LogP contribution in [-0.2, 0) is 26.8 Å². The van der Waals surface area contributed by atoms with Crippen LogP contribution < -0.4 is 26.0 Å². The Kier molecular flexibility index (Phi) is 12.5. The summed E-state index contributed by atoms with van der Waals surface area (Å²) in [5.41, 5.74) is 7.87. The molecule has 0 saturated carbocycles. The molecule has 0 unspecified atom stereocenters. The summed E-state index contributed by atoms with van der Waals surface area (Å²) in [6.07, 6.45) is 8.61. The van der Waals surface area contributed by atoms with Gasteiger partial charge in [-0.25, -0.2) is 9.37 Å². The van der Waals surface area contributed by atoms with Crippen LogP contribution in [0.5, 0.6) is 0 Å². The van der Waals surface area contributed by atoms with Crippen molar-refractivity contribution in [3.05, 3.63) is 117 Å². The van der Waals surface area contributed by atoms with Crippen LogP contribution in [0.3, 0.4) is 0 Å². The van der Waals surface area contributed by atoms with Gasteiger partial charge in [-0.05, 0) is 125 Å². The average molecular weight is 951 g/mol. The lowest BCUT2D eigenvalue weighted by atomic mass is 9.86. The SMILES string of the molecule is CNc1ccn(-c2ccnc3c2cc([C@H](C)N2CC=C(c4c(C)cc(C(=O)N5CCC(CN6CCN(c7ccc8c(c7)C(C)(C)C(=O)N8[C@@H]7CCC(=O)NC7=O)CC6)CC5)cc4F)CC2)n3C)c(=O)c1. The van der Waals surface area contributed by atoms with E-state index in [9.17, 15) is 24.0 Å². The zero-order valence-electron chi connectivity index (χ0n) is 41.1. The molecular formula is C54H63FN10O5. The van der Waals surface area contributed by atoms with Gasteiger partial charge in [-0.1, -0.05) is 6.08 Å². The van der Waals surface area contributed by atoms with Crippen LogP contribution >= 0.6 is 0 Å². The molecule has 0 spiro atoms. The third-order valence-corrected chi connectivity index (χ3v) is 15.8. The molecule has 15 nitrogen and oxygen atoms in total. The first-order valence-electron chi connectivity index (χ1n) is 24.8. The number of hydrogen-bond donors (Lipinski definition) is 2. The highest BCUT2D eigenvalue weighted by atomic mass is 19.1. The molecule has 8 heterocycles. The van der Waals surface area contributed by atoms with Crippen LogP contribution in [-0.4, -0.2) is 124 Å². The molecular weight excluding hydrogens is 888 g/mol. The summed E-state index contributed by atoms with van der Waals surface area (Å²) >= 11 is 0. The van der Waals surface area contributed by atoms with Crippen LogP contribution in [0.2, 0.25) is 0 Å². The van der Waals surface area contributed by atoms with Gasteiger partial charge < -0.3 is 19.7 Å². The van der Waals surface area contributed by atoms with Crippen molar-refractivity contribution >= 4 is 57.3 Å². The highest BCUT2D eigenvalue weighted by Crippen LogP contribution is 2.45. The number of rotatable bonds is 10. The second kappa shape index (κ2) is 18.6. The normalized spacial score (nSPS) is 20.7. The van der Waals surface area contributed by atoms with E-state index in [1.165, 1.54) is 6.07 Å². The minimum absolute atomic E-state index is 0.0294. The molecule has 10 rings (SSSR count). The monoisotopic (exact) mass is 950 g/mol. The first-order chi connectivity index (χ1) is 33.6. The van der Waals surface area contributed by atoms with Crippen molar-refractivity contribution in [1.82, 2.24) is 34.1 Å². The van der Waals surface area contributed by atoms with E-state index < -0.39 is 17.4 Å². The smallest absolute Gasteiger partial charge is 0.257 e. The number of carbonyl (C=O) groups is 4. The van der Waals surface area contributed by atoms with E-state index in [0.717, 1.165) is 108 Å². The van der Waals surface area contributed by atoms with Crippen molar-refractivity contribution < 1.29 is 23.6 Å². The van der Waals surface area contributed by atoms with Gasteiger partial charge in [0.25, 0.3) is 11.5 Å². The number of aromatic nitrogens is 3. The number of piperidine rings is 2. The number of pyridine rings is 2. The van der Waals surface area contributed by atoms with E-state index in [1.54, 1.807) is 35.0 Å². The number of likely N-dealkylation sites (tertiary alicyclic amines) is 1. The Morgan fingerprint density at radius 1 is 0.914 bits per heavy atom. The van der Waals surface area contributed by atoms with Crippen LogP contribution in [0, 0.1) is 18.7 Å². The van der Waals surface area contributed by atoms with Crippen molar-refractivity contribution in [2.45, 2.75) is 77.3 Å². The molecule has 3 fully saturated rings. The summed E-state index contributed by atoms with van der Waals surface area (Å²) in [6.45, 7) is 15.0. The van der Waals surface area contributed by atoms with Crippen molar-refractivity contribution in [1.29, 1.82) is 0 Å². The van der Waals surface area contributed by atoms with Crippen molar-refractivity contribution in [2.75, 3.05) is 81.1 Å². The number of nitrogens with one attached hydrogen (secondary N) is 2. The average Bonchev–Trinajstić information content (AvgIpc) is 3.79. The number of piperazine rings is 1. The third-order valence-electron chi connectivity index (χ3n) is 15.8. The van der Waals surface area contributed by atoms with Gasteiger partial charge >= 0.3 is 0 Å². The molecule has 2 aromatic carbocycles. The summed E-state index contributed by atoms with van der Waals surface area (Å²) in [4.78, 5) is 80.5. The lowest BCUT2D eigenvalue weighted by Gasteiger charge is -2.40. The molecule has 5 aliphatic heterocycles. The molecule has 3 aromatic heterocycles. The highest BCUT2D eigenvalue weighted by Gasteiger charge is 2.49. The zero-order chi connectivity index (χ0) is 49.2. The quantitative estimate of drug-likeness (QED) is 0.156. The number of aryl methyl sites for hydroxylation is 2. The van der Waals surface area contributed by atoms with Crippen molar-refractivity contribution in [3.8, 4) is 5.69 Å². The number of amides is 4. The largest absolute Gasteiger partial charge is 0.388 e. The maximum absolute atomic E-state index is 16.1. The minimum atomic E-state index is -0.795. The number of hydrogen-bond acceptors (Lipinski definition) is 10. The first kappa shape index (κ1) is 47.0. The Bertz CT molecular complexity index is 2990. The van der Waals surface area contributed by atoms with Gasteiger partial charge in [-0.3, -0.25) is 48.6 Å². The number of anilines is 3. The van der Waals surface area contributed by atoms with Crippen molar-refractivity contribution in [3.63, 3.8) is 0 Å². The molecule has 366 valence electrons. The number of nitrogens with zero attached hydrogens (tertiary/aromatic N) is 8. The Morgan fingerprint density at radius 2 is 1.69 bits per heavy atom. The topological polar surface area (TPSA) is 148 Å². The Hall–Kier alpha value is -6.65. The molecule has 0 bridgehead atoms. The molecule has 4 amide bonds. The van der Waals surface area contributed by atoms with Gasteiger partial charge in [0.15, 0.2) is 0 Å². The maximum atomic E-state index is 16.1. The standard InChI is InChI=1S/C54H63FN10O5/c1-33-27-37(28-42(55)49(33)36-14-20-61(21-15-36)34(2)46-31-40-43(11-17-57-50(40)59(46)6)64-22-16-38(56-5)29-48(64)67)52(69)63-18-12-35(13-19-63)32-60-23-25-62(26-24-60)39-7-8-44-41(30-39)54(3,4)53(70)65(44)45-9-10-47(66)58-51(45)68/h7-8,11,14,16-17,22,27-31,34-35,45,56H,9-10,12-13,15,18-21,23-26,32H2,1-6H3,(H,58,66,68)/t34-,45+/m0/s1. The fourth-order valence-electron chi connectivity index (χ4n) is 11.6. The van der Waals surface area contributed by atoms with Gasteiger partial charge in [-0.15, -0.1) is 0 Å². The molecule has 16 heteroatoms. The zero-order valence-corrected chi connectivity index (χ0v) is 41.1. The third kappa shape index (κ3) is 8.48. The number of imide groups is 1. The molecule has 70 heavy (non-hydrogen) atoms. The molecule has 2 atom stereocenters. The predicted molar refractivity (Wildman–Crippen MR) is 270 cm³/mol. The number of fused-ring (bicyclic) bond motifs is 2. The first-order valence-corrected chi connectivity index (χ1v) is 24.8. The summed E-state index contributed by atoms with van der Waals surface area (Å²) in [5, 5.41) is 6.32. The second-order valence-electron chi connectivity index (χ2n) is 20.4. The molecule has 0 aliphatic carbocycles. The van der Waals surface area contributed by atoms with Crippen LogP contribution in [0.15, 0.2) is 77.9 Å². The fraction of sp³-hybridized carbons (Fsp3) is 0.444. The lowest BCUT2D eigenvalue weighted by molar-refractivity contribution is -0.136. The van der Waals surface area contributed by atoms with Gasteiger partial charge in [0.05, 0.1) is 11.1 Å².